The summed E-state index contributed by atoms with van der Waals surface area (Å²) in [4.78, 5) is 2.19. The molecule has 0 aromatic heterocycles. The Balaban J connectivity index is 2.06. The Labute approximate surface area is 121 Å². The SMILES string of the molecule is CN1CCC(CN)(NS(=O)(=O)Cc2ccccc2)CC1. The van der Waals surface area contributed by atoms with Gasteiger partial charge in [-0.25, -0.2) is 13.1 Å². The van der Waals surface area contributed by atoms with Crippen LogP contribution in [-0.2, 0) is 15.8 Å². The third kappa shape index (κ3) is 4.02. The van der Waals surface area contributed by atoms with E-state index in [2.05, 4.69) is 9.62 Å². The van der Waals surface area contributed by atoms with Gasteiger partial charge in [-0.1, -0.05) is 30.3 Å². The fourth-order valence-corrected chi connectivity index (χ4v) is 4.20. The molecular weight excluding hydrogens is 274 g/mol. The summed E-state index contributed by atoms with van der Waals surface area (Å²) in [6, 6.07) is 9.21. The van der Waals surface area contributed by atoms with Gasteiger partial charge in [-0.3, -0.25) is 0 Å². The monoisotopic (exact) mass is 297 g/mol. The summed E-state index contributed by atoms with van der Waals surface area (Å²) in [5.41, 5.74) is 6.14. The molecule has 0 unspecified atom stereocenters. The molecule has 1 aromatic rings. The Morgan fingerprint density at radius 1 is 1.25 bits per heavy atom. The number of nitrogens with two attached hydrogens (primary N) is 1. The van der Waals surface area contributed by atoms with Crippen LogP contribution in [0.3, 0.4) is 0 Å². The van der Waals surface area contributed by atoms with E-state index in [1.54, 1.807) is 0 Å². The van der Waals surface area contributed by atoms with Gasteiger partial charge in [0.05, 0.1) is 5.75 Å². The highest BCUT2D eigenvalue weighted by Crippen LogP contribution is 2.22. The maximum absolute atomic E-state index is 12.3. The zero-order valence-electron chi connectivity index (χ0n) is 11.9. The molecule has 1 aliphatic rings. The summed E-state index contributed by atoms with van der Waals surface area (Å²) in [5, 5.41) is 0. The maximum Gasteiger partial charge on any atom is 0.216 e. The van der Waals surface area contributed by atoms with Gasteiger partial charge in [0, 0.05) is 12.1 Å². The van der Waals surface area contributed by atoms with E-state index < -0.39 is 15.6 Å². The van der Waals surface area contributed by atoms with Crippen LogP contribution in [-0.4, -0.2) is 45.5 Å². The van der Waals surface area contributed by atoms with E-state index in [1.807, 2.05) is 37.4 Å². The van der Waals surface area contributed by atoms with Crippen LogP contribution < -0.4 is 10.5 Å². The lowest BCUT2D eigenvalue weighted by atomic mass is 9.89. The number of rotatable bonds is 5. The topological polar surface area (TPSA) is 75.4 Å². The van der Waals surface area contributed by atoms with E-state index in [9.17, 15) is 8.42 Å². The van der Waals surface area contributed by atoms with Crippen LogP contribution in [0.15, 0.2) is 30.3 Å². The van der Waals surface area contributed by atoms with Crippen molar-refractivity contribution >= 4 is 10.0 Å². The highest BCUT2D eigenvalue weighted by atomic mass is 32.2. The van der Waals surface area contributed by atoms with Gasteiger partial charge in [0.25, 0.3) is 0 Å². The van der Waals surface area contributed by atoms with Gasteiger partial charge in [0.15, 0.2) is 0 Å². The predicted octanol–water partition coefficient (Wildman–Crippen LogP) is 0.529. The fraction of sp³-hybridized carbons (Fsp3) is 0.571. The average molecular weight is 297 g/mol. The second-order valence-corrected chi connectivity index (χ2v) is 7.36. The number of benzene rings is 1. The van der Waals surface area contributed by atoms with E-state index in [0.717, 1.165) is 31.5 Å². The van der Waals surface area contributed by atoms with E-state index in [1.165, 1.54) is 0 Å². The quantitative estimate of drug-likeness (QED) is 0.831. The molecule has 1 saturated heterocycles. The predicted molar refractivity (Wildman–Crippen MR) is 80.7 cm³/mol. The molecule has 2 rings (SSSR count). The van der Waals surface area contributed by atoms with Crippen molar-refractivity contribution in [2.24, 2.45) is 5.73 Å². The molecule has 0 bridgehead atoms. The number of nitrogens with one attached hydrogen (secondary N) is 1. The van der Waals surface area contributed by atoms with Gasteiger partial charge in [-0.15, -0.1) is 0 Å². The molecule has 0 amide bonds. The Morgan fingerprint density at radius 3 is 2.40 bits per heavy atom. The van der Waals surface area contributed by atoms with Gasteiger partial charge >= 0.3 is 0 Å². The van der Waals surface area contributed by atoms with Crippen molar-refractivity contribution < 1.29 is 8.42 Å². The zero-order valence-corrected chi connectivity index (χ0v) is 12.7. The largest absolute Gasteiger partial charge is 0.329 e. The van der Waals surface area contributed by atoms with Crippen molar-refractivity contribution in [2.45, 2.75) is 24.1 Å². The van der Waals surface area contributed by atoms with Crippen LogP contribution in [0, 0.1) is 0 Å². The smallest absolute Gasteiger partial charge is 0.216 e. The van der Waals surface area contributed by atoms with Crippen molar-refractivity contribution in [1.29, 1.82) is 0 Å². The Hall–Kier alpha value is -0.950. The summed E-state index contributed by atoms with van der Waals surface area (Å²) in [6.45, 7) is 2.07. The number of likely N-dealkylation sites (tertiary alicyclic amines) is 1. The molecule has 0 atom stereocenters. The molecule has 1 aliphatic heterocycles. The first-order valence-corrected chi connectivity index (χ1v) is 8.54. The second-order valence-electron chi connectivity index (χ2n) is 5.63. The first-order valence-electron chi connectivity index (χ1n) is 6.89. The molecule has 1 fully saturated rings. The average Bonchev–Trinajstić information content (AvgIpc) is 2.42. The van der Waals surface area contributed by atoms with Gasteiger partial charge in [-0.2, -0.15) is 0 Å². The van der Waals surface area contributed by atoms with Crippen molar-refractivity contribution in [2.75, 3.05) is 26.7 Å². The molecule has 0 aliphatic carbocycles. The number of piperidine rings is 1. The molecule has 1 aromatic carbocycles. The first kappa shape index (κ1) is 15.4. The van der Waals surface area contributed by atoms with Gasteiger partial charge < -0.3 is 10.6 Å². The minimum absolute atomic E-state index is 0.00539. The normalized spacial score (nSPS) is 19.9. The molecule has 6 heteroatoms. The molecule has 112 valence electrons. The highest BCUT2D eigenvalue weighted by Gasteiger charge is 2.36. The summed E-state index contributed by atoms with van der Waals surface area (Å²) >= 11 is 0. The summed E-state index contributed by atoms with van der Waals surface area (Å²) in [5.74, 6) is 0.00539. The molecule has 20 heavy (non-hydrogen) atoms. The van der Waals surface area contributed by atoms with Crippen LogP contribution in [0.1, 0.15) is 18.4 Å². The first-order chi connectivity index (χ1) is 9.45. The van der Waals surface area contributed by atoms with Crippen LogP contribution in [0.25, 0.3) is 0 Å². The summed E-state index contributed by atoms with van der Waals surface area (Å²) in [7, 11) is -1.33. The van der Waals surface area contributed by atoms with Gasteiger partial charge in [0.1, 0.15) is 0 Å². The van der Waals surface area contributed by atoms with Crippen molar-refractivity contribution in [3.05, 3.63) is 35.9 Å². The molecule has 1 heterocycles. The number of hydrogen-bond donors (Lipinski definition) is 2. The van der Waals surface area contributed by atoms with Crippen LogP contribution in [0.2, 0.25) is 0 Å². The Kier molecular flexibility index (Phi) is 4.80. The Morgan fingerprint density at radius 2 is 1.85 bits per heavy atom. The van der Waals surface area contributed by atoms with Crippen LogP contribution in [0.4, 0.5) is 0 Å². The minimum Gasteiger partial charge on any atom is -0.329 e. The van der Waals surface area contributed by atoms with Crippen molar-refractivity contribution in [3.63, 3.8) is 0 Å². The lowest BCUT2D eigenvalue weighted by Gasteiger charge is -2.40. The molecule has 0 spiro atoms. The maximum atomic E-state index is 12.3. The summed E-state index contributed by atoms with van der Waals surface area (Å²) < 4.78 is 27.5. The molecule has 5 nitrogen and oxygen atoms in total. The van der Waals surface area contributed by atoms with E-state index >= 15 is 0 Å². The summed E-state index contributed by atoms with van der Waals surface area (Å²) in [6.07, 6.45) is 1.52. The van der Waals surface area contributed by atoms with Gasteiger partial charge in [-0.05, 0) is 38.5 Å². The minimum atomic E-state index is -3.37. The second kappa shape index (κ2) is 6.22. The lowest BCUT2D eigenvalue weighted by Crippen LogP contribution is -2.58. The van der Waals surface area contributed by atoms with Crippen molar-refractivity contribution in [3.8, 4) is 0 Å². The lowest BCUT2D eigenvalue weighted by molar-refractivity contribution is 0.182. The third-order valence-corrected chi connectivity index (χ3v) is 5.36. The number of nitrogens with zero attached hydrogens (tertiary/aromatic N) is 1. The Bertz CT molecular complexity index is 523. The van der Waals surface area contributed by atoms with Crippen molar-refractivity contribution in [1.82, 2.24) is 9.62 Å². The van der Waals surface area contributed by atoms with E-state index in [-0.39, 0.29) is 5.75 Å². The van der Waals surface area contributed by atoms with E-state index in [0.29, 0.717) is 6.54 Å². The molecular formula is C14H23N3O2S. The molecule has 0 saturated carbocycles. The highest BCUT2D eigenvalue weighted by molar-refractivity contribution is 7.88. The van der Waals surface area contributed by atoms with Gasteiger partial charge in [0.2, 0.25) is 10.0 Å². The number of hydrogen-bond acceptors (Lipinski definition) is 4. The van der Waals surface area contributed by atoms with Crippen LogP contribution in [0.5, 0.6) is 0 Å². The molecule has 0 radical (unpaired) electrons. The van der Waals surface area contributed by atoms with Crippen LogP contribution >= 0.6 is 0 Å². The fourth-order valence-electron chi connectivity index (χ4n) is 2.55. The third-order valence-electron chi connectivity index (χ3n) is 3.91. The standard InChI is InChI=1S/C14H23N3O2S/c1-17-9-7-14(12-15,8-10-17)16-20(18,19)11-13-5-3-2-4-6-13/h2-6,16H,7-12,15H2,1H3. The zero-order chi connectivity index (χ0) is 14.6. The molecule has 3 N–H and O–H groups in total. The number of sulfonamides is 1. The van der Waals surface area contributed by atoms with E-state index in [4.69, 9.17) is 5.73 Å².